The molecule has 134 valence electrons. The van der Waals surface area contributed by atoms with E-state index in [-0.39, 0.29) is 18.8 Å². The first-order chi connectivity index (χ1) is 11.0. The van der Waals surface area contributed by atoms with Crippen LogP contribution in [0, 0.1) is 5.92 Å². The van der Waals surface area contributed by atoms with Crippen molar-refractivity contribution in [2.24, 2.45) is 11.7 Å². The number of halogens is 3. The Labute approximate surface area is 138 Å². The van der Waals surface area contributed by atoms with E-state index in [0.29, 0.717) is 5.56 Å². The summed E-state index contributed by atoms with van der Waals surface area (Å²) in [6.07, 6.45) is -5.57. The van der Waals surface area contributed by atoms with Crippen LogP contribution in [0.5, 0.6) is 0 Å². The number of nitrogens with two attached hydrogens (primary N) is 1. The summed E-state index contributed by atoms with van der Waals surface area (Å²) in [7, 11) is 0. The lowest BCUT2D eigenvalue weighted by atomic mass is 10.0. The molecule has 24 heavy (non-hydrogen) atoms. The van der Waals surface area contributed by atoms with Gasteiger partial charge in [0.25, 0.3) is 0 Å². The number of rotatable bonds is 7. The summed E-state index contributed by atoms with van der Waals surface area (Å²) in [6, 6.07) is 3.10. The largest absolute Gasteiger partial charge is 0.416 e. The molecule has 2 atom stereocenters. The third kappa shape index (κ3) is 6.19. The molecular formula is C16H21F3N2O3. The maximum absolute atomic E-state index is 12.5. The fourth-order valence-corrected chi connectivity index (χ4v) is 2.11. The summed E-state index contributed by atoms with van der Waals surface area (Å²) in [5.74, 6) is -1.49. The molecule has 1 rings (SSSR count). The Morgan fingerprint density at radius 2 is 1.75 bits per heavy atom. The number of amides is 2. The summed E-state index contributed by atoms with van der Waals surface area (Å²) in [6.45, 7) is 3.65. The van der Waals surface area contributed by atoms with Gasteiger partial charge in [-0.1, -0.05) is 26.0 Å². The van der Waals surface area contributed by atoms with E-state index < -0.39 is 35.7 Å². The first-order valence-corrected chi connectivity index (χ1v) is 7.44. The van der Waals surface area contributed by atoms with Crippen molar-refractivity contribution >= 4 is 11.8 Å². The second kappa shape index (κ2) is 8.14. The summed E-state index contributed by atoms with van der Waals surface area (Å²) >= 11 is 0. The molecule has 0 fully saturated rings. The number of benzene rings is 1. The van der Waals surface area contributed by atoms with E-state index >= 15 is 0 Å². The Morgan fingerprint density at radius 1 is 1.21 bits per heavy atom. The van der Waals surface area contributed by atoms with Crippen LogP contribution in [0.4, 0.5) is 13.2 Å². The van der Waals surface area contributed by atoms with Crippen molar-refractivity contribution in [1.29, 1.82) is 0 Å². The molecule has 0 aliphatic carbocycles. The quantitative estimate of drug-likeness (QED) is 0.700. The minimum absolute atomic E-state index is 0.0619. The zero-order valence-electron chi connectivity index (χ0n) is 13.4. The first kappa shape index (κ1) is 20.0. The van der Waals surface area contributed by atoms with Crippen LogP contribution >= 0.6 is 0 Å². The summed E-state index contributed by atoms with van der Waals surface area (Å²) in [5.41, 5.74) is 4.82. The average molecular weight is 346 g/mol. The van der Waals surface area contributed by atoms with Gasteiger partial charge in [-0.05, 0) is 30.0 Å². The van der Waals surface area contributed by atoms with E-state index in [1.807, 2.05) is 13.8 Å². The molecule has 0 saturated heterocycles. The summed E-state index contributed by atoms with van der Waals surface area (Å²) < 4.78 is 37.5. The van der Waals surface area contributed by atoms with Gasteiger partial charge in [0.2, 0.25) is 11.8 Å². The second-order valence-corrected chi connectivity index (χ2v) is 6.01. The van der Waals surface area contributed by atoms with Crippen LogP contribution in [0.15, 0.2) is 24.3 Å². The van der Waals surface area contributed by atoms with Gasteiger partial charge in [0.05, 0.1) is 5.56 Å². The highest BCUT2D eigenvalue weighted by Gasteiger charge is 2.30. The number of carbonyl (C=O) groups is 2. The maximum atomic E-state index is 12.5. The van der Waals surface area contributed by atoms with Gasteiger partial charge in [-0.2, -0.15) is 13.2 Å². The summed E-state index contributed by atoms with van der Waals surface area (Å²) in [4.78, 5) is 23.3. The molecule has 0 spiro atoms. The van der Waals surface area contributed by atoms with Gasteiger partial charge < -0.3 is 16.2 Å². The smallest absolute Gasteiger partial charge is 0.383 e. The molecule has 0 aliphatic rings. The fourth-order valence-electron chi connectivity index (χ4n) is 2.11. The number of hydrogen-bond donors (Lipinski definition) is 3. The number of alkyl halides is 3. The van der Waals surface area contributed by atoms with Gasteiger partial charge in [0.1, 0.15) is 12.1 Å². The monoisotopic (exact) mass is 346 g/mol. The van der Waals surface area contributed by atoms with Crippen LogP contribution in [-0.4, -0.2) is 29.1 Å². The summed E-state index contributed by atoms with van der Waals surface area (Å²) in [5, 5.41) is 12.1. The van der Waals surface area contributed by atoms with E-state index in [0.717, 1.165) is 12.1 Å². The van der Waals surface area contributed by atoms with Crippen LogP contribution in [-0.2, 0) is 22.2 Å². The van der Waals surface area contributed by atoms with E-state index in [2.05, 4.69) is 5.32 Å². The number of primary amides is 1. The zero-order valence-corrected chi connectivity index (χ0v) is 13.4. The standard InChI is InChI=1S/C16H21F3N2O3/c1-9(2)7-13(22)15(24)21-12(14(20)23)8-10-3-5-11(6-4-10)16(17,18)19/h3-6,9,12-13,22H,7-8H2,1-2H3,(H2,20,23)(H,21,24)/t12-,13-/m0/s1. The third-order valence-electron chi connectivity index (χ3n) is 3.38. The Hall–Kier alpha value is -2.09. The molecule has 2 amide bonds. The number of hydrogen-bond acceptors (Lipinski definition) is 3. The molecule has 5 nitrogen and oxygen atoms in total. The van der Waals surface area contributed by atoms with E-state index in [4.69, 9.17) is 5.73 Å². The third-order valence-corrected chi connectivity index (χ3v) is 3.38. The van der Waals surface area contributed by atoms with Crippen molar-refractivity contribution in [3.63, 3.8) is 0 Å². The van der Waals surface area contributed by atoms with Crippen molar-refractivity contribution in [2.45, 2.75) is 45.0 Å². The lowest BCUT2D eigenvalue weighted by Crippen LogP contribution is -2.49. The van der Waals surface area contributed by atoms with Gasteiger partial charge in [-0.25, -0.2) is 0 Å². The predicted octanol–water partition coefficient (Wildman–Crippen LogP) is 1.62. The fraction of sp³-hybridized carbons (Fsp3) is 0.500. The maximum Gasteiger partial charge on any atom is 0.416 e. The number of carbonyl (C=O) groups excluding carboxylic acids is 2. The van der Waals surface area contributed by atoms with E-state index in [9.17, 15) is 27.9 Å². The lowest BCUT2D eigenvalue weighted by molar-refractivity contribution is -0.137. The van der Waals surface area contributed by atoms with Gasteiger partial charge >= 0.3 is 6.18 Å². The Bertz CT molecular complexity index is 571. The van der Waals surface area contributed by atoms with Crippen molar-refractivity contribution in [1.82, 2.24) is 5.32 Å². The molecular weight excluding hydrogens is 325 g/mol. The van der Waals surface area contributed by atoms with Gasteiger partial charge in [0.15, 0.2) is 0 Å². The first-order valence-electron chi connectivity index (χ1n) is 7.44. The lowest BCUT2D eigenvalue weighted by Gasteiger charge is -2.19. The zero-order chi connectivity index (χ0) is 18.5. The number of aliphatic hydroxyl groups excluding tert-OH is 1. The van der Waals surface area contributed by atoms with Crippen molar-refractivity contribution in [3.05, 3.63) is 35.4 Å². The molecule has 4 N–H and O–H groups in total. The number of aliphatic hydroxyl groups is 1. The minimum atomic E-state index is -4.45. The molecule has 8 heteroatoms. The molecule has 0 bridgehead atoms. The molecule has 0 heterocycles. The van der Waals surface area contributed by atoms with Crippen LogP contribution in [0.25, 0.3) is 0 Å². The highest BCUT2D eigenvalue weighted by Crippen LogP contribution is 2.29. The average Bonchev–Trinajstić information content (AvgIpc) is 2.45. The van der Waals surface area contributed by atoms with Crippen molar-refractivity contribution in [2.75, 3.05) is 0 Å². The highest BCUT2D eigenvalue weighted by molar-refractivity contribution is 5.88. The minimum Gasteiger partial charge on any atom is -0.383 e. The van der Waals surface area contributed by atoms with Crippen LogP contribution in [0.3, 0.4) is 0 Å². The Kier molecular flexibility index (Phi) is 6.77. The SMILES string of the molecule is CC(C)C[C@H](O)C(=O)N[C@@H](Cc1ccc(C(F)(F)F)cc1)C(N)=O. The van der Waals surface area contributed by atoms with Crippen LogP contribution in [0.1, 0.15) is 31.4 Å². The molecule has 0 saturated carbocycles. The molecule has 1 aromatic rings. The molecule has 0 radical (unpaired) electrons. The second-order valence-electron chi connectivity index (χ2n) is 6.01. The van der Waals surface area contributed by atoms with E-state index in [1.54, 1.807) is 0 Å². The molecule has 0 aromatic heterocycles. The normalized spacial score (nSPS) is 14.3. The molecule has 0 aliphatic heterocycles. The topological polar surface area (TPSA) is 92.4 Å². The van der Waals surface area contributed by atoms with Crippen LogP contribution < -0.4 is 11.1 Å². The number of nitrogens with one attached hydrogen (secondary N) is 1. The van der Waals surface area contributed by atoms with Crippen molar-refractivity contribution < 1.29 is 27.9 Å². The molecule has 1 aromatic carbocycles. The van der Waals surface area contributed by atoms with Gasteiger partial charge in [0, 0.05) is 6.42 Å². The predicted molar refractivity (Wildman–Crippen MR) is 81.7 cm³/mol. The Balaban J connectivity index is 2.76. The van der Waals surface area contributed by atoms with Crippen LogP contribution in [0.2, 0.25) is 0 Å². The van der Waals surface area contributed by atoms with Gasteiger partial charge in [-0.3, -0.25) is 9.59 Å². The van der Waals surface area contributed by atoms with Crippen molar-refractivity contribution in [3.8, 4) is 0 Å². The Morgan fingerprint density at radius 3 is 2.17 bits per heavy atom. The molecule has 0 unspecified atom stereocenters. The van der Waals surface area contributed by atoms with Gasteiger partial charge in [-0.15, -0.1) is 0 Å². The highest BCUT2D eigenvalue weighted by atomic mass is 19.4. The van der Waals surface area contributed by atoms with E-state index in [1.165, 1.54) is 12.1 Å².